The third-order valence-corrected chi connectivity index (χ3v) is 7.85. The summed E-state index contributed by atoms with van der Waals surface area (Å²) in [5.74, 6) is -2.19. The molecular formula is C34H39F2N5O4S. The highest BCUT2D eigenvalue weighted by Crippen LogP contribution is 2.44. The van der Waals surface area contributed by atoms with Gasteiger partial charge in [0, 0.05) is 42.5 Å². The number of halogens is 2. The number of hydrogen-bond acceptors (Lipinski definition) is 6. The van der Waals surface area contributed by atoms with Crippen molar-refractivity contribution in [2.75, 3.05) is 50.8 Å². The van der Waals surface area contributed by atoms with Crippen LogP contribution in [0.25, 0.3) is 10.4 Å². The number of para-hydroxylation sites is 1. The minimum atomic E-state index is -0.896. The number of benzene rings is 3. The zero-order valence-corrected chi connectivity index (χ0v) is 27.8. The summed E-state index contributed by atoms with van der Waals surface area (Å²) >= 11 is 1.12. The van der Waals surface area contributed by atoms with Gasteiger partial charge in [0.2, 0.25) is 0 Å². The molecule has 1 aromatic heterocycles. The summed E-state index contributed by atoms with van der Waals surface area (Å²) in [4.78, 5) is 44.4. The molecule has 12 heteroatoms. The van der Waals surface area contributed by atoms with E-state index in [0.717, 1.165) is 35.5 Å². The third-order valence-electron chi connectivity index (χ3n) is 6.54. The fourth-order valence-electron chi connectivity index (χ4n) is 4.40. The van der Waals surface area contributed by atoms with Gasteiger partial charge in [0.25, 0.3) is 5.91 Å². The van der Waals surface area contributed by atoms with Gasteiger partial charge in [-0.15, -0.1) is 11.3 Å². The Morgan fingerprint density at radius 3 is 1.89 bits per heavy atom. The molecule has 9 nitrogen and oxygen atoms in total. The maximum Gasteiger partial charge on any atom is 0.414 e. The van der Waals surface area contributed by atoms with Gasteiger partial charge in [0.05, 0.1) is 19.2 Å². The quantitative estimate of drug-likeness (QED) is 0.192. The van der Waals surface area contributed by atoms with Gasteiger partial charge in [-0.05, 0) is 61.6 Å². The molecule has 3 aromatic carbocycles. The Morgan fingerprint density at radius 1 is 0.761 bits per heavy atom. The fraction of sp³-hybridized carbons (Fsp3) is 0.265. The Morgan fingerprint density at radius 2 is 1.35 bits per heavy atom. The number of hydrogen-bond donors (Lipinski definition) is 2. The summed E-state index contributed by atoms with van der Waals surface area (Å²) in [6, 6.07) is 19.0. The molecule has 2 N–H and O–H groups in total. The minimum absolute atomic E-state index is 0.157. The van der Waals surface area contributed by atoms with Crippen LogP contribution in [0.2, 0.25) is 0 Å². The first-order valence-corrected chi connectivity index (χ1v) is 15.4. The largest absolute Gasteiger partial charge is 0.452 e. The van der Waals surface area contributed by atoms with Crippen molar-refractivity contribution in [3.05, 3.63) is 101 Å². The second-order valence-corrected chi connectivity index (χ2v) is 11.3. The van der Waals surface area contributed by atoms with Crippen LogP contribution in [0.5, 0.6) is 0 Å². The highest BCUT2D eigenvalue weighted by atomic mass is 32.1. The van der Waals surface area contributed by atoms with E-state index >= 15 is 0 Å². The van der Waals surface area contributed by atoms with Crippen molar-refractivity contribution < 1.29 is 27.9 Å². The van der Waals surface area contributed by atoms with E-state index in [2.05, 4.69) is 10.6 Å². The van der Waals surface area contributed by atoms with Crippen LogP contribution in [0, 0.1) is 11.6 Å². The maximum absolute atomic E-state index is 14.8. The van der Waals surface area contributed by atoms with Crippen molar-refractivity contribution >= 4 is 45.7 Å². The van der Waals surface area contributed by atoms with E-state index < -0.39 is 30.2 Å². The van der Waals surface area contributed by atoms with E-state index in [0.29, 0.717) is 33.9 Å². The lowest BCUT2D eigenvalue weighted by molar-refractivity contribution is 0.102. The number of anilines is 3. The van der Waals surface area contributed by atoms with Crippen LogP contribution in [0.1, 0.15) is 35.3 Å². The van der Waals surface area contributed by atoms with Crippen LogP contribution < -0.4 is 15.5 Å². The van der Waals surface area contributed by atoms with E-state index in [1.807, 2.05) is 38.9 Å². The van der Waals surface area contributed by atoms with Crippen molar-refractivity contribution in [1.29, 1.82) is 0 Å². The monoisotopic (exact) mass is 651 g/mol. The van der Waals surface area contributed by atoms with Crippen molar-refractivity contribution in [3.8, 4) is 10.4 Å². The van der Waals surface area contributed by atoms with E-state index in [9.17, 15) is 23.2 Å². The number of thiophene rings is 1. The molecule has 4 aromatic rings. The van der Waals surface area contributed by atoms with Crippen LogP contribution in [0.15, 0.2) is 72.8 Å². The second kappa shape index (κ2) is 16.5. The van der Waals surface area contributed by atoms with E-state index in [4.69, 9.17) is 4.74 Å². The molecule has 0 aliphatic carbocycles. The topological polar surface area (TPSA) is 94.2 Å². The molecule has 1 heterocycles. The lowest BCUT2D eigenvalue weighted by atomic mass is 10.0. The summed E-state index contributed by atoms with van der Waals surface area (Å²) in [5.41, 5.74) is 2.20. The predicted molar refractivity (Wildman–Crippen MR) is 181 cm³/mol. The van der Waals surface area contributed by atoms with Crippen molar-refractivity contribution in [2.45, 2.75) is 26.9 Å². The number of amides is 4. The summed E-state index contributed by atoms with van der Waals surface area (Å²) in [6.07, 6.45) is -0.896. The molecule has 0 atom stereocenters. The SMILES string of the molecule is CC.COC(=O)N(Cc1c(F)cccc1F)c1sc(-c2ccc(NC(=O)N(C)C)cc2)c(CN(C)C)c1C(=O)Nc1ccccc1. The zero-order valence-electron chi connectivity index (χ0n) is 27.0. The zero-order chi connectivity index (χ0) is 34.0. The summed E-state index contributed by atoms with van der Waals surface area (Å²) < 4.78 is 34.7. The molecule has 0 radical (unpaired) electrons. The van der Waals surface area contributed by atoms with Gasteiger partial charge in [-0.3, -0.25) is 9.69 Å². The maximum atomic E-state index is 14.8. The number of methoxy groups -OCH3 is 1. The standard InChI is InChI=1S/C32H33F2N5O4S.C2H6/c1-37(2)18-24-27(29(40)35-21-10-7-6-8-11-21)30(39(32(42)43-5)19-23-25(33)12-9-13-26(23)34)44-28(24)20-14-16-22(17-15-20)36-31(41)38(3)4;1-2/h6-17H,18-19H2,1-5H3,(H,35,40)(H,36,41);1-2H3. The van der Waals surface area contributed by atoms with Gasteiger partial charge in [-0.2, -0.15) is 0 Å². The molecule has 4 amide bonds. The molecule has 0 fully saturated rings. The van der Waals surface area contributed by atoms with Gasteiger partial charge < -0.3 is 25.2 Å². The molecule has 0 aliphatic rings. The van der Waals surface area contributed by atoms with E-state index in [1.54, 1.807) is 62.6 Å². The van der Waals surface area contributed by atoms with Crippen LogP contribution in [-0.2, 0) is 17.8 Å². The highest BCUT2D eigenvalue weighted by Gasteiger charge is 2.32. The molecule has 0 unspecified atom stereocenters. The second-order valence-electron chi connectivity index (χ2n) is 10.3. The smallest absolute Gasteiger partial charge is 0.414 e. The van der Waals surface area contributed by atoms with Gasteiger partial charge in [0.15, 0.2) is 0 Å². The van der Waals surface area contributed by atoms with Crippen LogP contribution in [0.4, 0.5) is 34.7 Å². The molecule has 0 spiro atoms. The summed E-state index contributed by atoms with van der Waals surface area (Å²) in [6.45, 7) is 3.78. The lowest BCUT2D eigenvalue weighted by Gasteiger charge is -2.22. The van der Waals surface area contributed by atoms with E-state index in [-0.39, 0.29) is 22.2 Å². The molecule has 4 rings (SSSR count). The van der Waals surface area contributed by atoms with Crippen LogP contribution in [0.3, 0.4) is 0 Å². The van der Waals surface area contributed by atoms with Gasteiger partial charge >= 0.3 is 12.1 Å². The average Bonchev–Trinajstić information content (AvgIpc) is 3.40. The summed E-state index contributed by atoms with van der Waals surface area (Å²) in [5, 5.41) is 5.83. The molecule has 46 heavy (non-hydrogen) atoms. The number of rotatable bonds is 9. The Bertz CT molecular complexity index is 1620. The first-order chi connectivity index (χ1) is 22.0. The van der Waals surface area contributed by atoms with Crippen molar-refractivity contribution in [2.24, 2.45) is 0 Å². The Labute approximate surface area is 272 Å². The lowest BCUT2D eigenvalue weighted by Crippen LogP contribution is -2.32. The fourth-order valence-corrected chi connectivity index (χ4v) is 5.71. The molecule has 0 saturated heterocycles. The number of ether oxygens (including phenoxy) is 1. The minimum Gasteiger partial charge on any atom is -0.452 e. The van der Waals surface area contributed by atoms with Gasteiger partial charge in [0.1, 0.15) is 16.6 Å². The molecule has 0 bridgehead atoms. The number of nitrogens with one attached hydrogen (secondary N) is 2. The number of urea groups is 1. The number of nitrogens with zero attached hydrogens (tertiary/aromatic N) is 3. The number of carbonyl (C=O) groups excluding carboxylic acids is 3. The molecule has 0 saturated carbocycles. The summed E-state index contributed by atoms with van der Waals surface area (Å²) in [7, 11) is 8.10. The molecule has 0 aliphatic heterocycles. The average molecular weight is 652 g/mol. The van der Waals surface area contributed by atoms with Gasteiger partial charge in [-0.25, -0.2) is 18.4 Å². The Balaban J connectivity index is 0.00000282. The van der Waals surface area contributed by atoms with Crippen LogP contribution >= 0.6 is 11.3 Å². The Kier molecular flexibility index (Phi) is 12.8. The first kappa shape index (κ1) is 35.7. The first-order valence-electron chi connectivity index (χ1n) is 14.5. The molecular weight excluding hydrogens is 612 g/mol. The normalized spacial score (nSPS) is 10.5. The Hall–Kier alpha value is -4.81. The number of carbonyl (C=O) groups is 3. The van der Waals surface area contributed by atoms with E-state index in [1.165, 1.54) is 11.0 Å². The highest BCUT2D eigenvalue weighted by molar-refractivity contribution is 7.20. The third kappa shape index (κ3) is 8.67. The molecule has 244 valence electrons. The van der Waals surface area contributed by atoms with Crippen molar-refractivity contribution in [1.82, 2.24) is 9.80 Å². The van der Waals surface area contributed by atoms with Crippen molar-refractivity contribution in [3.63, 3.8) is 0 Å². The predicted octanol–water partition coefficient (Wildman–Crippen LogP) is 7.90. The van der Waals surface area contributed by atoms with Crippen LogP contribution in [-0.4, -0.2) is 63.1 Å². The van der Waals surface area contributed by atoms with Gasteiger partial charge in [-0.1, -0.05) is 50.2 Å².